The molecule has 1 heterocycles. The maximum Gasteiger partial charge on any atom is 0.271 e. The molecular weight excluding hydrogens is 723 g/mol. The molecule has 0 radical (unpaired) electrons. The summed E-state index contributed by atoms with van der Waals surface area (Å²) in [5.74, 6) is 0.0257. The van der Waals surface area contributed by atoms with Crippen LogP contribution in [-0.4, -0.2) is 42.2 Å². The zero-order valence-corrected chi connectivity index (χ0v) is 34.2. The Bertz CT molecular complexity index is 2000. The van der Waals surface area contributed by atoms with Crippen LogP contribution in [0, 0.1) is 18.3 Å². The summed E-state index contributed by atoms with van der Waals surface area (Å²) in [6.07, 6.45) is 13.9. The lowest BCUT2D eigenvalue weighted by molar-refractivity contribution is -0.158. The van der Waals surface area contributed by atoms with E-state index >= 15 is 0 Å². The molecule has 4 aromatic rings. The first-order valence-corrected chi connectivity index (χ1v) is 20.3. The van der Waals surface area contributed by atoms with Gasteiger partial charge in [0.05, 0.1) is 11.8 Å². The molecule has 306 valence electrons. The predicted molar refractivity (Wildman–Crippen MR) is 223 cm³/mol. The molecule has 0 saturated heterocycles. The van der Waals surface area contributed by atoms with Gasteiger partial charge < -0.3 is 29.4 Å². The van der Waals surface area contributed by atoms with E-state index in [0.29, 0.717) is 42.1 Å². The van der Waals surface area contributed by atoms with E-state index in [-0.39, 0.29) is 41.5 Å². The number of pyridine rings is 1. The first kappa shape index (κ1) is 44.6. The van der Waals surface area contributed by atoms with E-state index in [0.717, 1.165) is 28.2 Å². The number of azo groups is 1. The highest BCUT2D eigenvalue weighted by Gasteiger charge is 2.20. The number of nitrogens with one attached hydrogen (secondary N) is 1. The second-order valence-electron chi connectivity index (χ2n) is 14.3. The second kappa shape index (κ2) is 23.9. The number of benzene rings is 3. The number of aromatic nitrogens is 1. The van der Waals surface area contributed by atoms with E-state index in [1.165, 1.54) is 71.8 Å². The average molecular weight is 782 g/mol. The van der Waals surface area contributed by atoms with E-state index in [1.807, 2.05) is 43.3 Å². The third-order valence-corrected chi connectivity index (χ3v) is 10.1. The lowest BCUT2D eigenvalue weighted by Crippen LogP contribution is -2.20. The number of aromatic hydroxyl groups is 1. The minimum Gasteiger partial charge on any atom is -0.493 e. The van der Waals surface area contributed by atoms with E-state index in [2.05, 4.69) is 22.5 Å². The van der Waals surface area contributed by atoms with Gasteiger partial charge in [0.2, 0.25) is 18.1 Å². The number of hydrogen-bond acceptors (Lipinski definition) is 10. The summed E-state index contributed by atoms with van der Waals surface area (Å²) in [5, 5.41) is 33.2. The summed E-state index contributed by atoms with van der Waals surface area (Å²) in [4.78, 5) is 25.5. The molecule has 2 unspecified atom stereocenters. The Labute approximate surface area is 336 Å². The number of methoxy groups -OCH3 is 1. The fourth-order valence-corrected chi connectivity index (χ4v) is 6.63. The van der Waals surface area contributed by atoms with Crippen molar-refractivity contribution in [1.29, 1.82) is 5.26 Å². The van der Waals surface area contributed by atoms with Gasteiger partial charge >= 0.3 is 0 Å². The van der Waals surface area contributed by atoms with Gasteiger partial charge in [0.25, 0.3) is 5.56 Å². The van der Waals surface area contributed by atoms with Crippen molar-refractivity contribution >= 4 is 33.7 Å². The second-order valence-corrected chi connectivity index (χ2v) is 14.3. The van der Waals surface area contributed by atoms with Gasteiger partial charge in [-0.1, -0.05) is 108 Å². The highest BCUT2D eigenvalue weighted by Crippen LogP contribution is 2.35. The molecule has 0 aliphatic carbocycles. The fourth-order valence-electron chi connectivity index (χ4n) is 6.63. The smallest absolute Gasteiger partial charge is 0.271 e. The maximum absolute atomic E-state index is 13.2. The molecular formula is C45H59N5O7. The van der Waals surface area contributed by atoms with Gasteiger partial charge in [0, 0.05) is 55.5 Å². The third-order valence-electron chi connectivity index (χ3n) is 10.1. The molecule has 1 aromatic heterocycles. The van der Waals surface area contributed by atoms with Gasteiger partial charge in [-0.15, -0.1) is 5.11 Å². The number of unbranched alkanes of at least 4 members (excludes halogenated alkanes) is 9. The Morgan fingerprint density at radius 1 is 0.930 bits per heavy atom. The fraction of sp³-hybridized carbons (Fsp3) is 0.489. The minimum absolute atomic E-state index is 0.0245. The van der Waals surface area contributed by atoms with Crippen LogP contribution in [0.1, 0.15) is 120 Å². The molecule has 0 bridgehead atoms. The van der Waals surface area contributed by atoms with Crippen molar-refractivity contribution < 1.29 is 28.8 Å². The minimum atomic E-state index is -0.890. The van der Waals surface area contributed by atoms with Crippen LogP contribution in [0.5, 0.6) is 11.6 Å². The van der Waals surface area contributed by atoms with Crippen molar-refractivity contribution in [2.24, 2.45) is 17.3 Å². The van der Waals surface area contributed by atoms with Gasteiger partial charge in [0.1, 0.15) is 17.4 Å². The molecule has 1 amide bonds. The average Bonchev–Trinajstić information content (AvgIpc) is 3.22. The predicted octanol–water partition coefficient (Wildman–Crippen LogP) is 11.0. The van der Waals surface area contributed by atoms with Gasteiger partial charge in [0.15, 0.2) is 12.5 Å². The quantitative estimate of drug-likeness (QED) is 0.0382. The number of hydrogen-bond donors (Lipinski definition) is 2. The maximum atomic E-state index is 13.2. The summed E-state index contributed by atoms with van der Waals surface area (Å²) < 4.78 is 24.8. The van der Waals surface area contributed by atoms with Crippen LogP contribution >= 0.6 is 0 Å². The van der Waals surface area contributed by atoms with Gasteiger partial charge in [-0.2, -0.15) is 10.4 Å². The Hall–Kier alpha value is -5.09. The molecule has 0 aliphatic rings. The number of rotatable bonds is 25. The highest BCUT2D eigenvalue weighted by molar-refractivity contribution is 5.97. The molecule has 57 heavy (non-hydrogen) atoms. The Morgan fingerprint density at radius 3 is 2.28 bits per heavy atom. The summed E-state index contributed by atoms with van der Waals surface area (Å²) >= 11 is 0. The zero-order chi connectivity index (χ0) is 41.0. The van der Waals surface area contributed by atoms with Crippen molar-refractivity contribution in [3.05, 3.63) is 87.7 Å². The van der Waals surface area contributed by atoms with Gasteiger partial charge in [-0.25, -0.2) is 0 Å². The first-order chi connectivity index (χ1) is 27.7. The molecule has 12 nitrogen and oxygen atoms in total. The van der Waals surface area contributed by atoms with Crippen LogP contribution in [0.3, 0.4) is 0 Å². The number of fused-ring (bicyclic) bond motifs is 1. The molecule has 0 saturated carbocycles. The topological polar surface area (TPSA) is 157 Å². The van der Waals surface area contributed by atoms with Crippen LogP contribution < -0.4 is 15.6 Å². The molecule has 3 aromatic carbocycles. The van der Waals surface area contributed by atoms with Crippen LogP contribution in [0.15, 0.2) is 75.7 Å². The molecule has 2 N–H and O–H groups in total. The van der Waals surface area contributed by atoms with E-state index in [9.17, 15) is 20.0 Å². The van der Waals surface area contributed by atoms with Gasteiger partial charge in [-0.05, 0) is 50.3 Å². The Kier molecular flexibility index (Phi) is 18.7. The van der Waals surface area contributed by atoms with Crippen molar-refractivity contribution in [2.45, 2.75) is 117 Å². The number of ether oxygens (including phenoxy) is 4. The van der Waals surface area contributed by atoms with Crippen LogP contribution in [0.2, 0.25) is 0 Å². The van der Waals surface area contributed by atoms with E-state index < -0.39 is 11.8 Å². The summed E-state index contributed by atoms with van der Waals surface area (Å²) in [6.45, 7) is 6.08. The van der Waals surface area contributed by atoms with Crippen molar-refractivity contribution in [3.63, 3.8) is 0 Å². The summed E-state index contributed by atoms with van der Waals surface area (Å²) in [6, 6.07) is 20.3. The molecule has 0 fully saturated rings. The monoisotopic (exact) mass is 781 g/mol. The number of amides is 1. The van der Waals surface area contributed by atoms with Crippen molar-refractivity contribution in [2.75, 3.05) is 25.8 Å². The largest absolute Gasteiger partial charge is 0.493 e. The number of anilines is 1. The molecule has 0 aliphatic heterocycles. The standard InChI is InChI=1S/C45H59N5O7/c1-6-8-9-10-11-12-13-14-15-16-20-37(54-5)26-27-41(51)47-36-28-34-19-17-18-21-38(34)40(29-36)57-45(56-31-55-7-2)33-22-24-35(25-23-33)48-49-42-32(3)39(30-46)43(52)50(4)44(42)53/h17-19,21-25,28-29,37,45,53H,6-16,20,26-27,31H2,1-5H3,(H,47,51). The number of carbonyl (C=O) groups is 1. The van der Waals surface area contributed by atoms with Gasteiger partial charge in [-0.3, -0.25) is 14.2 Å². The zero-order valence-electron chi connectivity index (χ0n) is 34.2. The highest BCUT2D eigenvalue weighted by atomic mass is 16.7. The summed E-state index contributed by atoms with van der Waals surface area (Å²) in [5.41, 5.74) is 1.25. The normalized spacial score (nSPS) is 12.5. The molecule has 12 heteroatoms. The molecule has 0 spiro atoms. The van der Waals surface area contributed by atoms with E-state index in [1.54, 1.807) is 37.4 Å². The molecule has 4 rings (SSSR count). The number of carbonyl (C=O) groups excluding carboxylic acids is 1. The Morgan fingerprint density at radius 2 is 1.61 bits per heavy atom. The van der Waals surface area contributed by atoms with Crippen molar-refractivity contribution in [3.8, 4) is 17.7 Å². The number of nitrogens with zero attached hydrogens (tertiary/aromatic N) is 4. The third kappa shape index (κ3) is 13.5. The van der Waals surface area contributed by atoms with Crippen LogP contribution in [0.4, 0.5) is 17.1 Å². The summed E-state index contributed by atoms with van der Waals surface area (Å²) in [7, 11) is 3.08. The van der Waals surface area contributed by atoms with Crippen molar-refractivity contribution in [1.82, 2.24) is 4.57 Å². The number of nitriles is 1. The SMILES string of the molecule is CCCCCCCCCCCCC(CCC(=O)Nc1cc(OC(OCOCC)c2ccc(N=Nc3c(C)c(C#N)c(=O)n(C)c3O)cc2)c2ccccc2c1)OC. The lowest BCUT2D eigenvalue weighted by atomic mass is 10.0. The van der Waals surface area contributed by atoms with E-state index in [4.69, 9.17) is 18.9 Å². The van der Waals surface area contributed by atoms with Crippen LogP contribution in [0.25, 0.3) is 10.8 Å². The molecule has 2 atom stereocenters. The van der Waals surface area contributed by atoms with Crippen LogP contribution in [-0.2, 0) is 26.1 Å². The lowest BCUT2D eigenvalue weighted by Gasteiger charge is -2.22. The Balaban J connectivity index is 1.41. The first-order valence-electron chi connectivity index (χ1n) is 20.3.